The summed E-state index contributed by atoms with van der Waals surface area (Å²) >= 11 is 0. The maximum atomic E-state index is 13.1. The highest BCUT2D eigenvalue weighted by atomic mass is 19.1. The molecule has 1 heterocycles. The number of carbonyl (C=O) groups is 1. The lowest BCUT2D eigenvalue weighted by atomic mass is 10.3. The minimum absolute atomic E-state index is 0.229. The van der Waals surface area contributed by atoms with Gasteiger partial charge in [-0.25, -0.2) is 14.2 Å². The predicted molar refractivity (Wildman–Crippen MR) is 74.0 cm³/mol. The molecule has 0 atom stereocenters. The summed E-state index contributed by atoms with van der Waals surface area (Å²) in [6.07, 6.45) is 0. The summed E-state index contributed by atoms with van der Waals surface area (Å²) in [6, 6.07) is 7.50. The molecule has 6 nitrogen and oxygen atoms in total. The number of nitrogens with one attached hydrogen (secondary N) is 1. The van der Waals surface area contributed by atoms with E-state index >= 15 is 0 Å². The average Bonchev–Trinajstić information content (AvgIpc) is 2.44. The number of rotatable bonds is 5. The van der Waals surface area contributed by atoms with Gasteiger partial charge in [-0.2, -0.15) is 4.98 Å². The molecule has 1 N–H and O–H groups in total. The summed E-state index contributed by atoms with van der Waals surface area (Å²) in [5.41, 5.74) is 1.16. The van der Waals surface area contributed by atoms with Crippen LogP contribution >= 0.6 is 0 Å². The fourth-order valence-electron chi connectivity index (χ4n) is 1.56. The van der Waals surface area contributed by atoms with Crippen LogP contribution in [0.25, 0.3) is 0 Å². The van der Waals surface area contributed by atoms with Crippen molar-refractivity contribution < 1.29 is 18.7 Å². The number of aromatic nitrogens is 2. The molecule has 7 heteroatoms. The summed E-state index contributed by atoms with van der Waals surface area (Å²) < 4.78 is 22.8. The SMILES string of the molecule is COC(=O)COc1cc(C)nc(Nc2cccc(F)c2)n1. The van der Waals surface area contributed by atoms with Gasteiger partial charge in [0.05, 0.1) is 7.11 Å². The second-order valence-corrected chi connectivity index (χ2v) is 4.17. The molecule has 0 bridgehead atoms. The number of ether oxygens (including phenoxy) is 2. The molecular weight excluding hydrogens is 277 g/mol. The molecule has 0 fully saturated rings. The first-order chi connectivity index (χ1) is 10.1. The maximum Gasteiger partial charge on any atom is 0.343 e. The van der Waals surface area contributed by atoms with Gasteiger partial charge >= 0.3 is 5.97 Å². The van der Waals surface area contributed by atoms with Crippen LogP contribution in [0.1, 0.15) is 5.69 Å². The van der Waals surface area contributed by atoms with Gasteiger partial charge < -0.3 is 14.8 Å². The summed E-state index contributed by atoms with van der Waals surface area (Å²) in [6.45, 7) is 1.51. The topological polar surface area (TPSA) is 73.3 Å². The molecule has 0 unspecified atom stereocenters. The van der Waals surface area contributed by atoms with Gasteiger partial charge in [0.1, 0.15) is 5.82 Å². The molecule has 0 saturated heterocycles. The molecule has 2 aromatic rings. The van der Waals surface area contributed by atoms with Crippen molar-refractivity contribution in [1.82, 2.24) is 9.97 Å². The number of hydrogen-bond acceptors (Lipinski definition) is 6. The number of hydrogen-bond donors (Lipinski definition) is 1. The molecular formula is C14H14FN3O3. The Labute approximate surface area is 120 Å². The third-order valence-electron chi connectivity index (χ3n) is 2.48. The minimum Gasteiger partial charge on any atom is -0.466 e. The van der Waals surface area contributed by atoms with Crippen LogP contribution < -0.4 is 10.1 Å². The number of carbonyl (C=O) groups excluding carboxylic acids is 1. The van der Waals surface area contributed by atoms with Crippen molar-refractivity contribution in [3.8, 4) is 5.88 Å². The normalized spacial score (nSPS) is 10.0. The van der Waals surface area contributed by atoms with Gasteiger partial charge in [-0.05, 0) is 25.1 Å². The van der Waals surface area contributed by atoms with Crippen molar-refractivity contribution in [1.29, 1.82) is 0 Å². The third-order valence-corrected chi connectivity index (χ3v) is 2.48. The molecule has 21 heavy (non-hydrogen) atoms. The van der Waals surface area contributed by atoms with Crippen molar-refractivity contribution in [3.63, 3.8) is 0 Å². The fourth-order valence-corrected chi connectivity index (χ4v) is 1.56. The second-order valence-electron chi connectivity index (χ2n) is 4.17. The quantitative estimate of drug-likeness (QED) is 0.851. The van der Waals surface area contributed by atoms with Crippen LogP contribution in [-0.4, -0.2) is 29.7 Å². The Kier molecular flexibility index (Phi) is 4.65. The Balaban J connectivity index is 2.13. The van der Waals surface area contributed by atoms with E-state index in [0.29, 0.717) is 11.4 Å². The maximum absolute atomic E-state index is 13.1. The first-order valence-electron chi connectivity index (χ1n) is 6.14. The highest BCUT2D eigenvalue weighted by molar-refractivity contribution is 5.70. The van der Waals surface area contributed by atoms with Gasteiger partial charge in [0.15, 0.2) is 6.61 Å². The van der Waals surface area contributed by atoms with Gasteiger partial charge in [0, 0.05) is 17.4 Å². The molecule has 1 aromatic carbocycles. The van der Waals surface area contributed by atoms with Crippen LogP contribution in [-0.2, 0) is 9.53 Å². The van der Waals surface area contributed by atoms with Crippen LogP contribution in [0.5, 0.6) is 5.88 Å². The van der Waals surface area contributed by atoms with E-state index < -0.39 is 5.97 Å². The second kappa shape index (κ2) is 6.65. The lowest BCUT2D eigenvalue weighted by Crippen LogP contribution is -2.13. The van der Waals surface area contributed by atoms with E-state index in [9.17, 15) is 9.18 Å². The van der Waals surface area contributed by atoms with E-state index in [-0.39, 0.29) is 24.3 Å². The summed E-state index contributed by atoms with van der Waals surface area (Å²) in [5.74, 6) is -0.395. The fraction of sp³-hybridized carbons (Fsp3) is 0.214. The Morgan fingerprint density at radius 2 is 2.14 bits per heavy atom. The van der Waals surface area contributed by atoms with Gasteiger partial charge in [0.2, 0.25) is 11.8 Å². The van der Waals surface area contributed by atoms with Crippen LogP contribution in [0, 0.1) is 12.7 Å². The first kappa shape index (κ1) is 14.7. The number of aryl methyl sites for hydroxylation is 1. The zero-order valence-electron chi connectivity index (χ0n) is 11.6. The predicted octanol–water partition coefficient (Wildman–Crippen LogP) is 2.22. The van der Waals surface area contributed by atoms with Gasteiger partial charge in [-0.1, -0.05) is 6.07 Å². The first-order valence-corrected chi connectivity index (χ1v) is 6.14. The van der Waals surface area contributed by atoms with Crippen LogP contribution in [0.15, 0.2) is 30.3 Å². The Hall–Kier alpha value is -2.70. The average molecular weight is 291 g/mol. The van der Waals surface area contributed by atoms with Crippen molar-refractivity contribution >= 4 is 17.6 Å². The lowest BCUT2D eigenvalue weighted by Gasteiger charge is -2.09. The van der Waals surface area contributed by atoms with Gasteiger partial charge in [-0.15, -0.1) is 0 Å². The number of benzene rings is 1. The van der Waals surface area contributed by atoms with Crippen LogP contribution in [0.2, 0.25) is 0 Å². The molecule has 2 rings (SSSR count). The van der Waals surface area contributed by atoms with E-state index in [1.807, 2.05) is 0 Å². The largest absolute Gasteiger partial charge is 0.466 e. The van der Waals surface area contributed by atoms with Gasteiger partial charge in [-0.3, -0.25) is 0 Å². The molecule has 0 saturated carbocycles. The van der Waals surface area contributed by atoms with Crippen LogP contribution in [0.4, 0.5) is 16.0 Å². The molecule has 0 aliphatic rings. The number of anilines is 2. The lowest BCUT2D eigenvalue weighted by molar-refractivity contribution is -0.143. The standard InChI is InChI=1S/C14H14FN3O3/c1-9-6-12(21-8-13(19)20-2)18-14(16-9)17-11-5-3-4-10(15)7-11/h3-7H,8H2,1-2H3,(H,16,17,18). The van der Waals surface area contributed by atoms with E-state index in [0.717, 1.165) is 0 Å². The Morgan fingerprint density at radius 1 is 1.33 bits per heavy atom. The summed E-state index contributed by atoms with van der Waals surface area (Å²) in [4.78, 5) is 19.3. The molecule has 0 spiro atoms. The molecule has 0 aliphatic heterocycles. The van der Waals surface area contributed by atoms with Crippen molar-refractivity contribution in [2.75, 3.05) is 19.0 Å². The van der Waals surface area contributed by atoms with Crippen molar-refractivity contribution in [3.05, 3.63) is 41.8 Å². The minimum atomic E-state index is -0.508. The zero-order chi connectivity index (χ0) is 15.2. The highest BCUT2D eigenvalue weighted by Crippen LogP contribution is 2.17. The highest BCUT2D eigenvalue weighted by Gasteiger charge is 2.07. The summed E-state index contributed by atoms with van der Waals surface area (Å²) in [5, 5.41) is 2.87. The molecule has 1 aromatic heterocycles. The number of halogens is 1. The van der Waals surface area contributed by atoms with E-state index in [1.54, 1.807) is 25.1 Å². The van der Waals surface area contributed by atoms with Crippen molar-refractivity contribution in [2.24, 2.45) is 0 Å². The Bertz CT molecular complexity index is 649. The van der Waals surface area contributed by atoms with Gasteiger partial charge in [0.25, 0.3) is 0 Å². The molecule has 110 valence electrons. The number of esters is 1. The number of nitrogens with zero attached hydrogens (tertiary/aromatic N) is 2. The smallest absolute Gasteiger partial charge is 0.343 e. The number of methoxy groups -OCH3 is 1. The van der Waals surface area contributed by atoms with E-state index in [4.69, 9.17) is 4.74 Å². The molecule has 0 radical (unpaired) electrons. The monoisotopic (exact) mass is 291 g/mol. The zero-order valence-corrected chi connectivity index (χ0v) is 11.6. The summed E-state index contributed by atoms with van der Waals surface area (Å²) in [7, 11) is 1.27. The Morgan fingerprint density at radius 3 is 2.86 bits per heavy atom. The van der Waals surface area contributed by atoms with Crippen LogP contribution in [0.3, 0.4) is 0 Å². The van der Waals surface area contributed by atoms with E-state index in [2.05, 4.69) is 20.0 Å². The van der Waals surface area contributed by atoms with E-state index in [1.165, 1.54) is 19.2 Å². The third kappa shape index (κ3) is 4.41. The molecule has 0 amide bonds. The molecule has 0 aliphatic carbocycles. The van der Waals surface area contributed by atoms with Crippen molar-refractivity contribution in [2.45, 2.75) is 6.92 Å².